The standard InChI is InChI=1S/C4H11N3OS/c1-6-4(8)7(2)3(5)9/h3,9H,5H2,1-2H3,(H,6,8). The van der Waals surface area contributed by atoms with Crippen LogP contribution in [0.25, 0.3) is 0 Å². The maximum Gasteiger partial charge on any atom is 0.318 e. The van der Waals surface area contributed by atoms with Crippen LogP contribution in [-0.2, 0) is 0 Å². The number of urea groups is 1. The van der Waals surface area contributed by atoms with Gasteiger partial charge in [0, 0.05) is 14.1 Å². The number of hydrogen-bond acceptors (Lipinski definition) is 3. The molecule has 5 heteroatoms. The predicted octanol–water partition coefficient (Wildman–Crippen LogP) is -0.570. The molecule has 1 atom stereocenters. The van der Waals surface area contributed by atoms with Crippen LogP contribution in [-0.4, -0.2) is 30.5 Å². The van der Waals surface area contributed by atoms with Gasteiger partial charge in [0.2, 0.25) is 0 Å². The van der Waals surface area contributed by atoms with Crippen LogP contribution in [0.2, 0.25) is 0 Å². The number of carbonyl (C=O) groups excluding carboxylic acids is 1. The molecule has 0 radical (unpaired) electrons. The zero-order valence-electron chi connectivity index (χ0n) is 5.46. The summed E-state index contributed by atoms with van der Waals surface area (Å²) in [5, 5.41) is 2.40. The van der Waals surface area contributed by atoms with Crippen LogP contribution in [0, 0.1) is 0 Å². The zero-order chi connectivity index (χ0) is 7.44. The average molecular weight is 149 g/mol. The number of nitrogens with zero attached hydrogens (tertiary/aromatic N) is 1. The van der Waals surface area contributed by atoms with Crippen molar-refractivity contribution in [1.29, 1.82) is 0 Å². The molecule has 0 rings (SSSR count). The van der Waals surface area contributed by atoms with E-state index in [1.54, 1.807) is 7.05 Å². The topological polar surface area (TPSA) is 58.4 Å². The second kappa shape index (κ2) is 3.58. The minimum absolute atomic E-state index is 0.238. The van der Waals surface area contributed by atoms with Gasteiger partial charge in [-0.1, -0.05) is 0 Å². The van der Waals surface area contributed by atoms with Crippen LogP contribution in [0.5, 0.6) is 0 Å². The highest BCUT2D eigenvalue weighted by Crippen LogP contribution is 1.91. The Labute approximate surface area is 59.8 Å². The molecule has 0 heterocycles. The molecule has 9 heavy (non-hydrogen) atoms. The third kappa shape index (κ3) is 2.57. The van der Waals surface area contributed by atoms with Crippen LogP contribution >= 0.6 is 12.6 Å². The fourth-order valence-corrected chi connectivity index (χ4v) is 0.401. The molecule has 4 nitrogen and oxygen atoms in total. The van der Waals surface area contributed by atoms with Crippen molar-refractivity contribution in [3.63, 3.8) is 0 Å². The SMILES string of the molecule is CNC(=O)N(C)C(N)S. The molecule has 0 bridgehead atoms. The molecule has 0 aromatic carbocycles. The summed E-state index contributed by atoms with van der Waals surface area (Å²) in [5.74, 6) is 0. The third-order valence-corrected chi connectivity index (χ3v) is 1.28. The van der Waals surface area contributed by atoms with Crippen LogP contribution in [0.1, 0.15) is 0 Å². The van der Waals surface area contributed by atoms with Gasteiger partial charge >= 0.3 is 6.03 Å². The van der Waals surface area contributed by atoms with Crippen molar-refractivity contribution in [3.05, 3.63) is 0 Å². The molecule has 2 amide bonds. The Bertz CT molecular complexity index is 106. The first-order chi connectivity index (χ1) is 4.09. The fourth-order valence-electron chi connectivity index (χ4n) is 0.296. The van der Waals surface area contributed by atoms with Crippen molar-refractivity contribution < 1.29 is 4.79 Å². The number of hydrogen-bond donors (Lipinski definition) is 3. The number of nitrogens with one attached hydrogen (secondary N) is 1. The van der Waals surface area contributed by atoms with Crippen molar-refractivity contribution in [2.75, 3.05) is 14.1 Å². The van der Waals surface area contributed by atoms with Crippen LogP contribution in [0.15, 0.2) is 0 Å². The molecule has 1 unspecified atom stereocenters. The largest absolute Gasteiger partial charge is 0.341 e. The lowest BCUT2D eigenvalue weighted by atomic mass is 10.8. The van der Waals surface area contributed by atoms with Crippen molar-refractivity contribution in [3.8, 4) is 0 Å². The van der Waals surface area contributed by atoms with E-state index in [9.17, 15) is 4.79 Å². The molecule has 3 N–H and O–H groups in total. The van der Waals surface area contributed by atoms with Gasteiger partial charge in [0.15, 0.2) is 0 Å². The summed E-state index contributed by atoms with van der Waals surface area (Å²) in [6.45, 7) is 0. The smallest absolute Gasteiger partial charge is 0.318 e. The van der Waals surface area contributed by atoms with E-state index in [2.05, 4.69) is 17.9 Å². The van der Waals surface area contributed by atoms with E-state index in [1.165, 1.54) is 11.9 Å². The van der Waals surface area contributed by atoms with Crippen molar-refractivity contribution in [2.24, 2.45) is 5.73 Å². The lowest BCUT2D eigenvalue weighted by molar-refractivity contribution is 0.208. The molecule has 0 spiro atoms. The Morgan fingerprint density at radius 2 is 2.33 bits per heavy atom. The van der Waals surface area contributed by atoms with Gasteiger partial charge in [-0.2, -0.15) is 0 Å². The minimum atomic E-state index is -0.537. The number of nitrogens with two attached hydrogens (primary N) is 1. The lowest BCUT2D eigenvalue weighted by Crippen LogP contribution is -2.43. The van der Waals surface area contributed by atoms with Crippen molar-refractivity contribution >= 4 is 18.7 Å². The molecule has 0 aromatic heterocycles. The summed E-state index contributed by atoms with van der Waals surface area (Å²) in [4.78, 5) is 11.9. The van der Waals surface area contributed by atoms with E-state index < -0.39 is 5.50 Å². The maximum absolute atomic E-state index is 10.6. The average Bonchev–Trinajstić information content (AvgIpc) is 1.84. The molecule has 0 saturated heterocycles. The summed E-state index contributed by atoms with van der Waals surface area (Å²) in [5.41, 5.74) is 4.70. The highest BCUT2D eigenvalue weighted by Gasteiger charge is 2.08. The van der Waals surface area contributed by atoms with Crippen LogP contribution < -0.4 is 11.1 Å². The normalized spacial score (nSPS) is 12.4. The van der Waals surface area contributed by atoms with E-state index in [-0.39, 0.29) is 6.03 Å². The quantitative estimate of drug-likeness (QED) is 0.345. The van der Waals surface area contributed by atoms with Gasteiger partial charge in [0.1, 0.15) is 5.50 Å². The van der Waals surface area contributed by atoms with Gasteiger partial charge in [0.05, 0.1) is 0 Å². The molecule has 0 fully saturated rings. The molecule has 0 saturated carbocycles. The number of amides is 2. The molecule has 0 aromatic rings. The summed E-state index contributed by atoms with van der Waals surface area (Å²) >= 11 is 3.83. The molecule has 54 valence electrons. The van der Waals surface area contributed by atoms with E-state index >= 15 is 0 Å². The van der Waals surface area contributed by atoms with Gasteiger partial charge in [-0.05, 0) is 0 Å². The second-order valence-corrected chi connectivity index (χ2v) is 2.11. The molecule has 0 aliphatic rings. The number of rotatable bonds is 1. The first-order valence-electron chi connectivity index (χ1n) is 2.47. The molecule has 0 aliphatic carbocycles. The van der Waals surface area contributed by atoms with Gasteiger partial charge in [-0.3, -0.25) is 0 Å². The predicted molar refractivity (Wildman–Crippen MR) is 39.2 cm³/mol. The molecule has 0 aliphatic heterocycles. The highest BCUT2D eigenvalue weighted by molar-refractivity contribution is 7.80. The maximum atomic E-state index is 10.6. The fraction of sp³-hybridized carbons (Fsp3) is 0.750. The Balaban J connectivity index is 3.72. The third-order valence-electron chi connectivity index (χ3n) is 0.931. The molecular formula is C4H11N3OS. The van der Waals surface area contributed by atoms with E-state index in [0.717, 1.165) is 0 Å². The highest BCUT2D eigenvalue weighted by atomic mass is 32.1. The lowest BCUT2D eigenvalue weighted by Gasteiger charge is -2.19. The zero-order valence-corrected chi connectivity index (χ0v) is 6.35. The van der Waals surface area contributed by atoms with Gasteiger partial charge in [-0.25, -0.2) is 4.79 Å². The van der Waals surface area contributed by atoms with Crippen molar-refractivity contribution in [2.45, 2.75) is 5.50 Å². The van der Waals surface area contributed by atoms with Gasteiger partial charge in [0.25, 0.3) is 0 Å². The summed E-state index contributed by atoms with van der Waals surface area (Å²) < 4.78 is 0. The summed E-state index contributed by atoms with van der Waals surface area (Å²) in [6.07, 6.45) is 0. The Hall–Kier alpha value is -0.420. The van der Waals surface area contributed by atoms with Gasteiger partial charge < -0.3 is 16.0 Å². The Kier molecular flexibility index (Phi) is 3.41. The first-order valence-corrected chi connectivity index (χ1v) is 2.99. The number of carbonyl (C=O) groups is 1. The van der Waals surface area contributed by atoms with Crippen LogP contribution in [0.3, 0.4) is 0 Å². The second-order valence-electron chi connectivity index (χ2n) is 1.58. The summed E-state index contributed by atoms with van der Waals surface area (Å²) in [7, 11) is 3.10. The van der Waals surface area contributed by atoms with Gasteiger partial charge in [-0.15, -0.1) is 12.6 Å². The van der Waals surface area contributed by atoms with Crippen LogP contribution in [0.4, 0.5) is 4.79 Å². The minimum Gasteiger partial charge on any atom is -0.341 e. The van der Waals surface area contributed by atoms with E-state index in [0.29, 0.717) is 0 Å². The summed E-state index contributed by atoms with van der Waals surface area (Å²) in [6, 6.07) is -0.238. The van der Waals surface area contributed by atoms with E-state index in [4.69, 9.17) is 5.73 Å². The Morgan fingerprint density at radius 3 is 2.44 bits per heavy atom. The van der Waals surface area contributed by atoms with Crippen molar-refractivity contribution in [1.82, 2.24) is 10.2 Å². The molecular weight excluding hydrogens is 138 g/mol. The van der Waals surface area contributed by atoms with E-state index in [1.807, 2.05) is 0 Å². The number of thiol groups is 1. The Morgan fingerprint density at radius 1 is 1.89 bits per heavy atom. The monoisotopic (exact) mass is 149 g/mol. The first kappa shape index (κ1) is 8.58.